The number of alkyl halides is 3. The SMILES string of the molecule is CC[C@]1(O)CCC[C@H](C(F)(F)F)C1. The fourth-order valence-electron chi connectivity index (χ4n) is 1.94. The summed E-state index contributed by atoms with van der Waals surface area (Å²) < 4.78 is 36.9. The highest BCUT2D eigenvalue weighted by molar-refractivity contribution is 4.87. The molecule has 78 valence electrons. The molecule has 1 N–H and O–H groups in total. The van der Waals surface area contributed by atoms with E-state index in [1.807, 2.05) is 0 Å². The average Bonchev–Trinajstić information content (AvgIpc) is 2.03. The van der Waals surface area contributed by atoms with Gasteiger partial charge < -0.3 is 5.11 Å². The van der Waals surface area contributed by atoms with Gasteiger partial charge in [0.15, 0.2) is 0 Å². The predicted octanol–water partition coefficient (Wildman–Crippen LogP) is 2.88. The van der Waals surface area contributed by atoms with Gasteiger partial charge in [-0.15, -0.1) is 0 Å². The van der Waals surface area contributed by atoms with Crippen LogP contribution in [0.5, 0.6) is 0 Å². The number of halogens is 3. The van der Waals surface area contributed by atoms with Crippen LogP contribution in [-0.4, -0.2) is 16.9 Å². The van der Waals surface area contributed by atoms with Gasteiger partial charge in [-0.3, -0.25) is 0 Å². The zero-order valence-corrected chi connectivity index (χ0v) is 7.69. The molecule has 4 heteroatoms. The minimum Gasteiger partial charge on any atom is -0.390 e. The number of hydrogen-bond acceptors (Lipinski definition) is 1. The van der Waals surface area contributed by atoms with Crippen LogP contribution in [0.25, 0.3) is 0 Å². The minimum absolute atomic E-state index is 0.118. The van der Waals surface area contributed by atoms with E-state index in [2.05, 4.69) is 0 Å². The van der Waals surface area contributed by atoms with Gasteiger partial charge in [0.05, 0.1) is 11.5 Å². The summed E-state index contributed by atoms with van der Waals surface area (Å²) in [5.41, 5.74) is -1.07. The maximum absolute atomic E-state index is 12.3. The van der Waals surface area contributed by atoms with Crippen molar-refractivity contribution in [3.05, 3.63) is 0 Å². The highest BCUT2D eigenvalue weighted by Crippen LogP contribution is 2.42. The van der Waals surface area contributed by atoms with Crippen molar-refractivity contribution in [1.82, 2.24) is 0 Å². The van der Waals surface area contributed by atoms with E-state index < -0.39 is 17.7 Å². The second kappa shape index (κ2) is 3.48. The Balaban J connectivity index is 2.62. The molecule has 0 aromatic carbocycles. The van der Waals surface area contributed by atoms with Crippen molar-refractivity contribution < 1.29 is 18.3 Å². The van der Waals surface area contributed by atoms with Crippen molar-refractivity contribution in [3.63, 3.8) is 0 Å². The van der Waals surface area contributed by atoms with E-state index in [-0.39, 0.29) is 12.8 Å². The Morgan fingerprint density at radius 1 is 1.46 bits per heavy atom. The van der Waals surface area contributed by atoms with Crippen LogP contribution in [0.4, 0.5) is 13.2 Å². The molecule has 0 aromatic rings. The van der Waals surface area contributed by atoms with Gasteiger partial charge in [-0.2, -0.15) is 13.2 Å². The molecule has 1 aliphatic rings. The average molecular weight is 196 g/mol. The third-order valence-corrected chi connectivity index (χ3v) is 2.94. The Labute approximate surface area is 75.9 Å². The highest BCUT2D eigenvalue weighted by atomic mass is 19.4. The van der Waals surface area contributed by atoms with Crippen molar-refractivity contribution in [2.24, 2.45) is 5.92 Å². The normalized spacial score (nSPS) is 36.2. The van der Waals surface area contributed by atoms with E-state index in [9.17, 15) is 18.3 Å². The Hall–Kier alpha value is -0.250. The molecule has 1 nitrogen and oxygen atoms in total. The predicted molar refractivity (Wildman–Crippen MR) is 43.3 cm³/mol. The summed E-state index contributed by atoms with van der Waals surface area (Å²) in [5, 5.41) is 9.71. The first-order valence-corrected chi connectivity index (χ1v) is 4.66. The van der Waals surface area contributed by atoms with E-state index in [1.165, 1.54) is 0 Å². The number of rotatable bonds is 1. The second-order valence-corrected chi connectivity index (χ2v) is 3.91. The Kier molecular flexibility index (Phi) is 2.90. The van der Waals surface area contributed by atoms with E-state index in [4.69, 9.17) is 0 Å². The molecule has 1 rings (SSSR count). The summed E-state index contributed by atoms with van der Waals surface area (Å²) in [7, 11) is 0. The van der Waals surface area contributed by atoms with E-state index >= 15 is 0 Å². The molecule has 0 spiro atoms. The molecular weight excluding hydrogens is 181 g/mol. The summed E-state index contributed by atoms with van der Waals surface area (Å²) >= 11 is 0. The molecule has 0 saturated heterocycles. The van der Waals surface area contributed by atoms with Gasteiger partial charge >= 0.3 is 6.18 Å². The lowest BCUT2D eigenvalue weighted by atomic mass is 9.76. The molecule has 1 aliphatic carbocycles. The second-order valence-electron chi connectivity index (χ2n) is 3.91. The molecular formula is C9H15F3O. The zero-order valence-electron chi connectivity index (χ0n) is 7.69. The van der Waals surface area contributed by atoms with Crippen LogP contribution in [0, 0.1) is 5.92 Å². The standard InChI is InChI=1S/C9H15F3O/c1-2-8(13)5-3-4-7(6-8)9(10,11)12/h7,13H,2-6H2,1H3/t7-,8-/m0/s1. The van der Waals surface area contributed by atoms with Crippen molar-refractivity contribution in [3.8, 4) is 0 Å². The lowest BCUT2D eigenvalue weighted by molar-refractivity contribution is -0.200. The van der Waals surface area contributed by atoms with Crippen LogP contribution in [0.2, 0.25) is 0 Å². The fourth-order valence-corrected chi connectivity index (χ4v) is 1.94. The third kappa shape index (κ3) is 2.59. The summed E-state index contributed by atoms with van der Waals surface area (Å²) in [6.45, 7) is 1.73. The quantitative estimate of drug-likeness (QED) is 0.683. The highest BCUT2D eigenvalue weighted by Gasteiger charge is 2.46. The smallest absolute Gasteiger partial charge is 0.390 e. The van der Waals surface area contributed by atoms with E-state index in [1.54, 1.807) is 6.92 Å². The lowest BCUT2D eigenvalue weighted by Gasteiger charge is -2.36. The molecule has 1 fully saturated rings. The first kappa shape index (κ1) is 10.8. The van der Waals surface area contributed by atoms with Gasteiger partial charge in [-0.25, -0.2) is 0 Å². The topological polar surface area (TPSA) is 20.2 Å². The van der Waals surface area contributed by atoms with Crippen molar-refractivity contribution in [2.45, 2.75) is 50.8 Å². The van der Waals surface area contributed by atoms with Crippen LogP contribution in [0.15, 0.2) is 0 Å². The lowest BCUT2D eigenvalue weighted by Crippen LogP contribution is -2.39. The molecule has 0 aromatic heterocycles. The molecule has 0 aliphatic heterocycles. The van der Waals surface area contributed by atoms with E-state index in [0.29, 0.717) is 19.3 Å². The summed E-state index contributed by atoms with van der Waals surface area (Å²) in [6.07, 6.45) is -2.67. The third-order valence-electron chi connectivity index (χ3n) is 2.94. The largest absolute Gasteiger partial charge is 0.391 e. The Bertz CT molecular complexity index is 178. The molecule has 13 heavy (non-hydrogen) atoms. The monoisotopic (exact) mass is 196 g/mol. The molecule has 0 bridgehead atoms. The fraction of sp³-hybridized carbons (Fsp3) is 1.00. The molecule has 2 atom stereocenters. The van der Waals surface area contributed by atoms with Crippen molar-refractivity contribution in [2.75, 3.05) is 0 Å². The number of hydrogen-bond donors (Lipinski definition) is 1. The van der Waals surface area contributed by atoms with Crippen LogP contribution in [0.1, 0.15) is 39.0 Å². The van der Waals surface area contributed by atoms with Crippen LogP contribution in [0.3, 0.4) is 0 Å². The van der Waals surface area contributed by atoms with E-state index in [0.717, 1.165) is 0 Å². The van der Waals surface area contributed by atoms with Crippen LogP contribution in [-0.2, 0) is 0 Å². The van der Waals surface area contributed by atoms with Crippen molar-refractivity contribution in [1.29, 1.82) is 0 Å². The summed E-state index contributed by atoms with van der Waals surface area (Å²) in [5.74, 6) is -1.30. The molecule has 0 radical (unpaired) electrons. The summed E-state index contributed by atoms with van der Waals surface area (Å²) in [4.78, 5) is 0. The molecule has 1 saturated carbocycles. The maximum Gasteiger partial charge on any atom is 0.391 e. The Morgan fingerprint density at radius 2 is 2.08 bits per heavy atom. The Morgan fingerprint density at radius 3 is 2.54 bits per heavy atom. The first-order valence-electron chi connectivity index (χ1n) is 4.66. The van der Waals surface area contributed by atoms with Gasteiger partial charge in [0.25, 0.3) is 0 Å². The van der Waals surface area contributed by atoms with Crippen LogP contribution >= 0.6 is 0 Å². The minimum atomic E-state index is -4.14. The molecule has 0 unspecified atom stereocenters. The molecule has 0 amide bonds. The first-order chi connectivity index (χ1) is 5.87. The summed E-state index contributed by atoms with van der Waals surface area (Å²) in [6, 6.07) is 0. The molecule has 0 heterocycles. The van der Waals surface area contributed by atoms with Crippen LogP contribution < -0.4 is 0 Å². The maximum atomic E-state index is 12.3. The number of aliphatic hydroxyl groups is 1. The van der Waals surface area contributed by atoms with Crippen molar-refractivity contribution >= 4 is 0 Å². The van der Waals surface area contributed by atoms with Gasteiger partial charge in [-0.1, -0.05) is 6.92 Å². The zero-order chi connectivity index (χ0) is 10.1. The van der Waals surface area contributed by atoms with Gasteiger partial charge in [0, 0.05) is 0 Å². The van der Waals surface area contributed by atoms with Gasteiger partial charge in [0.2, 0.25) is 0 Å². The van der Waals surface area contributed by atoms with Gasteiger partial charge in [0.1, 0.15) is 0 Å². The van der Waals surface area contributed by atoms with Gasteiger partial charge in [-0.05, 0) is 32.1 Å².